The molecule has 3 unspecified atom stereocenters. The lowest BCUT2D eigenvalue weighted by Crippen LogP contribution is -2.50. The van der Waals surface area contributed by atoms with Crippen molar-refractivity contribution >= 4 is 5.91 Å². The Balaban J connectivity index is 3.56. The zero-order chi connectivity index (χ0) is 41.5. The molecule has 0 aromatic rings. The first-order valence-electron chi connectivity index (χ1n) is 25.3. The SMILES string of the molecule is CCCCCCC/C=C/CC/C=C/CCCC(O)C(O)C(CO)NC(=O)CCCCCCCCCCCCCCC/C=C\CCCCCCCCCCCCCC. The first-order valence-corrected chi connectivity index (χ1v) is 25.3. The number of aliphatic hydroxyl groups excluding tert-OH is 3. The lowest BCUT2D eigenvalue weighted by atomic mass is 10.0. The van der Waals surface area contributed by atoms with Gasteiger partial charge in [-0.3, -0.25) is 4.79 Å². The second-order valence-corrected chi connectivity index (χ2v) is 17.4. The molecule has 57 heavy (non-hydrogen) atoms. The molecule has 0 aromatic heterocycles. The number of hydrogen-bond donors (Lipinski definition) is 4. The largest absolute Gasteiger partial charge is 0.394 e. The van der Waals surface area contributed by atoms with E-state index in [2.05, 4.69) is 55.6 Å². The van der Waals surface area contributed by atoms with Crippen LogP contribution >= 0.6 is 0 Å². The van der Waals surface area contributed by atoms with Gasteiger partial charge in [0.15, 0.2) is 0 Å². The molecule has 0 rings (SSSR count). The topological polar surface area (TPSA) is 89.8 Å². The number of hydrogen-bond acceptors (Lipinski definition) is 4. The van der Waals surface area contributed by atoms with Gasteiger partial charge in [-0.1, -0.05) is 217 Å². The van der Waals surface area contributed by atoms with E-state index in [1.807, 2.05) is 0 Å². The third-order valence-electron chi connectivity index (χ3n) is 11.7. The van der Waals surface area contributed by atoms with E-state index in [4.69, 9.17) is 0 Å². The van der Waals surface area contributed by atoms with Crippen molar-refractivity contribution in [2.75, 3.05) is 6.61 Å². The van der Waals surface area contributed by atoms with Crippen molar-refractivity contribution in [1.82, 2.24) is 5.32 Å². The van der Waals surface area contributed by atoms with E-state index in [1.165, 1.54) is 193 Å². The van der Waals surface area contributed by atoms with Gasteiger partial charge in [0.25, 0.3) is 0 Å². The van der Waals surface area contributed by atoms with Crippen LogP contribution in [0.4, 0.5) is 0 Å². The molecule has 336 valence electrons. The highest BCUT2D eigenvalue weighted by Crippen LogP contribution is 2.16. The minimum absolute atomic E-state index is 0.157. The molecule has 3 atom stereocenters. The van der Waals surface area contributed by atoms with Crippen molar-refractivity contribution in [3.05, 3.63) is 36.5 Å². The summed E-state index contributed by atoms with van der Waals surface area (Å²) in [4.78, 5) is 12.5. The maximum Gasteiger partial charge on any atom is 0.220 e. The Hall–Kier alpha value is -1.43. The van der Waals surface area contributed by atoms with Crippen LogP contribution in [0.25, 0.3) is 0 Å². The van der Waals surface area contributed by atoms with E-state index < -0.39 is 18.2 Å². The number of rotatable bonds is 46. The lowest BCUT2D eigenvalue weighted by molar-refractivity contribution is -0.124. The zero-order valence-corrected chi connectivity index (χ0v) is 38.2. The predicted octanol–water partition coefficient (Wildman–Crippen LogP) is 15.1. The number of allylic oxidation sites excluding steroid dienone is 6. The summed E-state index contributed by atoms with van der Waals surface area (Å²) in [6.45, 7) is 4.16. The number of carbonyl (C=O) groups is 1. The Kier molecular flexibility index (Phi) is 46.1. The maximum absolute atomic E-state index is 12.5. The van der Waals surface area contributed by atoms with Crippen molar-refractivity contribution in [2.24, 2.45) is 0 Å². The quantitative estimate of drug-likeness (QED) is 0.0365. The molecule has 0 heterocycles. The first-order chi connectivity index (χ1) is 28.1. The van der Waals surface area contributed by atoms with Crippen LogP contribution < -0.4 is 5.32 Å². The summed E-state index contributed by atoms with van der Waals surface area (Å²) < 4.78 is 0. The first kappa shape index (κ1) is 55.6. The second-order valence-electron chi connectivity index (χ2n) is 17.4. The van der Waals surface area contributed by atoms with E-state index in [0.717, 1.165) is 44.9 Å². The molecule has 0 bridgehead atoms. The van der Waals surface area contributed by atoms with Gasteiger partial charge in [0.05, 0.1) is 18.8 Å². The van der Waals surface area contributed by atoms with Gasteiger partial charge in [0.2, 0.25) is 5.91 Å². The third kappa shape index (κ3) is 42.5. The van der Waals surface area contributed by atoms with E-state index in [1.54, 1.807) is 0 Å². The molecule has 0 aromatic carbocycles. The highest BCUT2D eigenvalue weighted by atomic mass is 16.3. The molecule has 4 N–H and O–H groups in total. The molecule has 1 amide bonds. The van der Waals surface area contributed by atoms with Crippen LogP contribution in [0.5, 0.6) is 0 Å². The summed E-state index contributed by atoms with van der Waals surface area (Å²) >= 11 is 0. The van der Waals surface area contributed by atoms with Crippen LogP contribution in [0.1, 0.15) is 264 Å². The fourth-order valence-electron chi connectivity index (χ4n) is 7.76. The second kappa shape index (κ2) is 47.3. The normalized spacial score (nSPS) is 13.7. The van der Waals surface area contributed by atoms with Crippen LogP contribution in [0, 0.1) is 0 Å². The Morgan fingerprint density at radius 3 is 1.07 bits per heavy atom. The Bertz CT molecular complexity index is 885. The zero-order valence-electron chi connectivity index (χ0n) is 38.2. The summed E-state index contributed by atoms with van der Waals surface area (Å²) in [7, 11) is 0. The highest BCUT2D eigenvalue weighted by Gasteiger charge is 2.26. The van der Waals surface area contributed by atoms with Crippen LogP contribution in [0.2, 0.25) is 0 Å². The Morgan fingerprint density at radius 1 is 0.421 bits per heavy atom. The van der Waals surface area contributed by atoms with Crippen LogP contribution in [-0.2, 0) is 4.79 Å². The predicted molar refractivity (Wildman–Crippen MR) is 250 cm³/mol. The molecule has 0 aliphatic carbocycles. The smallest absolute Gasteiger partial charge is 0.220 e. The molecule has 0 saturated heterocycles. The number of carbonyl (C=O) groups excluding carboxylic acids is 1. The third-order valence-corrected chi connectivity index (χ3v) is 11.7. The Labute approximate surface area is 355 Å². The van der Waals surface area contributed by atoms with Gasteiger partial charge < -0.3 is 20.6 Å². The summed E-state index contributed by atoms with van der Waals surface area (Å²) in [5, 5.41) is 33.5. The average Bonchev–Trinajstić information content (AvgIpc) is 3.22. The molecule has 5 heteroatoms. The van der Waals surface area contributed by atoms with Gasteiger partial charge in [-0.25, -0.2) is 0 Å². The van der Waals surface area contributed by atoms with Crippen LogP contribution in [0.3, 0.4) is 0 Å². The van der Waals surface area contributed by atoms with Gasteiger partial charge in [-0.2, -0.15) is 0 Å². The lowest BCUT2D eigenvalue weighted by Gasteiger charge is -2.26. The molecule has 0 saturated carbocycles. The summed E-state index contributed by atoms with van der Waals surface area (Å²) in [5.41, 5.74) is 0. The van der Waals surface area contributed by atoms with Gasteiger partial charge in [-0.15, -0.1) is 0 Å². The Morgan fingerprint density at radius 2 is 0.719 bits per heavy atom. The highest BCUT2D eigenvalue weighted by molar-refractivity contribution is 5.76. The van der Waals surface area contributed by atoms with Gasteiger partial charge in [-0.05, 0) is 77.0 Å². The monoisotopic (exact) mass is 802 g/mol. The molecular formula is C52H99NO4. The molecule has 0 fully saturated rings. The maximum atomic E-state index is 12.5. The molecular weight excluding hydrogens is 703 g/mol. The van der Waals surface area contributed by atoms with E-state index in [9.17, 15) is 20.1 Å². The molecule has 5 nitrogen and oxygen atoms in total. The van der Waals surface area contributed by atoms with Crippen molar-refractivity contribution in [1.29, 1.82) is 0 Å². The number of amides is 1. The van der Waals surface area contributed by atoms with E-state index >= 15 is 0 Å². The van der Waals surface area contributed by atoms with Gasteiger partial charge in [0, 0.05) is 6.42 Å². The summed E-state index contributed by atoms with van der Waals surface area (Å²) in [5.74, 6) is -0.157. The van der Waals surface area contributed by atoms with E-state index in [0.29, 0.717) is 12.8 Å². The van der Waals surface area contributed by atoms with Crippen LogP contribution in [-0.4, -0.2) is 46.1 Å². The van der Waals surface area contributed by atoms with Gasteiger partial charge >= 0.3 is 0 Å². The summed E-state index contributed by atoms with van der Waals surface area (Å²) in [6.07, 6.45) is 60.0. The average molecular weight is 802 g/mol. The van der Waals surface area contributed by atoms with Crippen molar-refractivity contribution < 1.29 is 20.1 Å². The minimum atomic E-state index is -1.17. The number of nitrogens with one attached hydrogen (secondary N) is 1. The number of unbranched alkanes of at least 4 members (excludes halogenated alkanes) is 32. The fourth-order valence-corrected chi connectivity index (χ4v) is 7.76. The molecule has 0 spiro atoms. The van der Waals surface area contributed by atoms with Crippen molar-refractivity contribution in [2.45, 2.75) is 283 Å². The van der Waals surface area contributed by atoms with Crippen molar-refractivity contribution in [3.63, 3.8) is 0 Å². The number of aliphatic hydroxyl groups is 3. The van der Waals surface area contributed by atoms with E-state index in [-0.39, 0.29) is 12.5 Å². The summed E-state index contributed by atoms with van der Waals surface area (Å²) in [6, 6.07) is -0.831. The van der Waals surface area contributed by atoms with Gasteiger partial charge in [0.1, 0.15) is 6.10 Å². The minimum Gasteiger partial charge on any atom is -0.394 e. The molecule has 0 radical (unpaired) electrons. The fraction of sp³-hybridized carbons (Fsp3) is 0.865. The molecule has 0 aliphatic heterocycles. The molecule has 0 aliphatic rings. The standard InChI is InChI=1S/C52H99NO4/c1-3-5-7-9-11-13-15-17-19-20-21-22-23-24-25-26-27-28-29-30-31-32-33-35-37-39-41-43-45-47-51(56)53-49(48-54)52(57)50(55)46-44-42-40-38-36-34-18-16-14-12-10-8-6-4-2/h16,18,24-25,38,40,49-50,52,54-55,57H,3-15,17,19-23,26-37,39,41-48H2,1-2H3,(H,53,56)/b18-16+,25-24-,40-38+. The van der Waals surface area contributed by atoms with Crippen LogP contribution in [0.15, 0.2) is 36.5 Å². The van der Waals surface area contributed by atoms with Crippen molar-refractivity contribution in [3.8, 4) is 0 Å².